The van der Waals surface area contributed by atoms with Gasteiger partial charge in [-0.3, -0.25) is 0 Å². The second-order valence-electron chi connectivity index (χ2n) is 20.9. The molecule has 374 valence electrons. The predicted molar refractivity (Wildman–Crippen MR) is 336 cm³/mol. The lowest BCUT2D eigenvalue weighted by atomic mass is 9.98. The summed E-state index contributed by atoms with van der Waals surface area (Å²) >= 11 is 0. The highest BCUT2D eigenvalue weighted by molar-refractivity contribution is 6.20. The molecule has 13 aromatic carbocycles. The fourth-order valence-corrected chi connectivity index (χ4v) is 13.2. The molecule has 4 heterocycles. The van der Waals surface area contributed by atoms with Crippen LogP contribution >= 0.6 is 0 Å². The van der Waals surface area contributed by atoms with E-state index in [1.54, 1.807) is 0 Å². The van der Waals surface area contributed by atoms with Gasteiger partial charge in [0.1, 0.15) is 0 Å². The number of rotatable bonds is 6. The second-order valence-corrected chi connectivity index (χ2v) is 20.9. The Morgan fingerprint density at radius 2 is 0.487 bits per heavy atom. The quantitative estimate of drug-likeness (QED) is 0.166. The molecule has 80 heavy (non-hydrogen) atoms. The molecule has 0 saturated carbocycles. The van der Waals surface area contributed by atoms with E-state index in [1.165, 1.54) is 43.4 Å². The van der Waals surface area contributed by atoms with Crippen LogP contribution in [0.25, 0.3) is 76.5 Å². The molecule has 17 rings (SSSR count). The van der Waals surface area contributed by atoms with Gasteiger partial charge in [-0.1, -0.05) is 164 Å². The molecule has 6 heteroatoms. The van der Waals surface area contributed by atoms with Gasteiger partial charge in [-0.25, -0.2) is 0 Å². The van der Waals surface area contributed by atoms with Crippen molar-refractivity contribution in [3.8, 4) is 11.4 Å². The number of benzene rings is 13. The Hall–Kier alpha value is -10.8. The number of para-hydroxylation sites is 9. The predicted octanol–water partition coefficient (Wildman–Crippen LogP) is 20.7. The Balaban J connectivity index is 0.942. The fourth-order valence-electron chi connectivity index (χ4n) is 13.2. The van der Waals surface area contributed by atoms with E-state index in [1.807, 2.05) is 0 Å². The molecule has 0 fully saturated rings. The molecule has 0 amide bonds. The lowest BCUT2D eigenvalue weighted by Gasteiger charge is -2.42. The molecular formula is C74H48N6. The lowest BCUT2D eigenvalue weighted by molar-refractivity contribution is 1.16. The summed E-state index contributed by atoms with van der Waals surface area (Å²) in [6.45, 7) is 0. The van der Waals surface area contributed by atoms with Crippen LogP contribution in [-0.2, 0) is 0 Å². The molecular weight excluding hydrogens is 973 g/mol. The van der Waals surface area contributed by atoms with Gasteiger partial charge in [0.25, 0.3) is 0 Å². The number of nitrogens with zero attached hydrogens (tertiary/aromatic N) is 6. The average Bonchev–Trinajstić information content (AvgIpc) is 4.12. The van der Waals surface area contributed by atoms with Gasteiger partial charge in [-0.2, -0.15) is 0 Å². The van der Waals surface area contributed by atoms with E-state index >= 15 is 0 Å². The maximum atomic E-state index is 2.52. The summed E-state index contributed by atoms with van der Waals surface area (Å²) in [5.74, 6) is 0. The Bertz CT molecular complexity index is 4970. The third-order valence-corrected chi connectivity index (χ3v) is 16.6. The number of hydrogen-bond acceptors (Lipinski definition) is 4. The Morgan fingerprint density at radius 1 is 0.163 bits per heavy atom. The molecule has 0 N–H and O–H groups in total. The normalized spacial score (nSPS) is 12.9. The van der Waals surface area contributed by atoms with Crippen molar-refractivity contribution in [3.05, 3.63) is 291 Å². The molecule has 0 aliphatic carbocycles. The van der Waals surface area contributed by atoms with E-state index in [9.17, 15) is 0 Å². The fraction of sp³-hybridized carbons (Fsp3) is 0. The van der Waals surface area contributed by atoms with Gasteiger partial charge in [0.2, 0.25) is 0 Å². The van der Waals surface area contributed by atoms with E-state index < -0.39 is 0 Å². The first-order chi connectivity index (χ1) is 39.7. The summed E-state index contributed by atoms with van der Waals surface area (Å²) in [6.07, 6.45) is 0. The van der Waals surface area contributed by atoms with E-state index in [0.717, 1.165) is 101 Å². The topological polar surface area (TPSA) is 22.8 Å². The molecule has 0 atom stereocenters. The molecule has 0 unspecified atom stereocenters. The zero-order valence-corrected chi connectivity index (χ0v) is 43.4. The summed E-state index contributed by atoms with van der Waals surface area (Å²) in [4.78, 5) is 9.95. The van der Waals surface area contributed by atoms with Crippen LogP contribution in [0, 0.1) is 0 Å². The number of fused-ring (bicyclic) bond motifs is 12. The van der Waals surface area contributed by atoms with Gasteiger partial charge in [0.05, 0.1) is 78.9 Å². The summed E-state index contributed by atoms with van der Waals surface area (Å²) in [5, 5.41) is 9.53. The SMILES string of the molecule is c1ccc(N2c3ccccc3N(c3cccc4c(N5c6ccccc6N(c6ccccc6)c6cc7c8cc9ccccc9cc8n(-c8ccccc8)c7cc65)cccc34)c3cc4c(cc32)c2ccccc2n4-c2ccccc2)cc1. The van der Waals surface area contributed by atoms with Crippen molar-refractivity contribution in [3.63, 3.8) is 0 Å². The maximum Gasteiger partial charge on any atom is 0.0724 e. The van der Waals surface area contributed by atoms with E-state index in [2.05, 4.69) is 320 Å². The molecule has 2 aliphatic rings. The summed E-state index contributed by atoms with van der Waals surface area (Å²) < 4.78 is 4.89. The van der Waals surface area contributed by atoms with Gasteiger partial charge < -0.3 is 28.7 Å². The van der Waals surface area contributed by atoms with Gasteiger partial charge in [-0.15, -0.1) is 0 Å². The second kappa shape index (κ2) is 17.3. The lowest BCUT2D eigenvalue weighted by Crippen LogP contribution is -2.25. The van der Waals surface area contributed by atoms with Crippen LogP contribution in [0.3, 0.4) is 0 Å². The van der Waals surface area contributed by atoms with E-state index in [-0.39, 0.29) is 0 Å². The Morgan fingerprint density at radius 3 is 0.988 bits per heavy atom. The minimum atomic E-state index is 1.09. The number of anilines is 12. The molecule has 2 aliphatic heterocycles. The average molecular weight is 1020 g/mol. The van der Waals surface area contributed by atoms with Crippen LogP contribution in [-0.4, -0.2) is 9.13 Å². The molecule has 0 spiro atoms. The third kappa shape index (κ3) is 6.47. The number of hydrogen-bond donors (Lipinski definition) is 0. The summed E-state index contributed by atoms with van der Waals surface area (Å²) in [7, 11) is 0. The van der Waals surface area contributed by atoms with Crippen LogP contribution in [0.15, 0.2) is 291 Å². The molecule has 0 saturated heterocycles. The van der Waals surface area contributed by atoms with Crippen LogP contribution in [0.1, 0.15) is 0 Å². The third-order valence-electron chi connectivity index (χ3n) is 16.6. The monoisotopic (exact) mass is 1020 g/mol. The highest BCUT2D eigenvalue weighted by atomic mass is 15.3. The van der Waals surface area contributed by atoms with E-state index in [4.69, 9.17) is 0 Å². The van der Waals surface area contributed by atoms with Crippen molar-refractivity contribution >= 4 is 133 Å². The molecule has 6 nitrogen and oxygen atoms in total. The highest BCUT2D eigenvalue weighted by Crippen LogP contribution is 2.60. The van der Waals surface area contributed by atoms with Crippen molar-refractivity contribution in [1.29, 1.82) is 0 Å². The molecule has 15 aromatic rings. The maximum absolute atomic E-state index is 2.52. The highest BCUT2D eigenvalue weighted by Gasteiger charge is 2.36. The largest absolute Gasteiger partial charge is 0.309 e. The van der Waals surface area contributed by atoms with Crippen molar-refractivity contribution in [2.75, 3.05) is 19.6 Å². The van der Waals surface area contributed by atoms with E-state index in [0.29, 0.717) is 0 Å². The summed E-state index contributed by atoms with van der Waals surface area (Å²) in [5.41, 5.74) is 20.1. The Kier molecular flexibility index (Phi) is 9.61. The van der Waals surface area contributed by atoms with Gasteiger partial charge in [0, 0.05) is 55.1 Å². The zero-order chi connectivity index (χ0) is 52.4. The van der Waals surface area contributed by atoms with Gasteiger partial charge >= 0.3 is 0 Å². The zero-order valence-electron chi connectivity index (χ0n) is 43.4. The minimum absolute atomic E-state index is 1.09. The minimum Gasteiger partial charge on any atom is -0.309 e. The van der Waals surface area contributed by atoms with Gasteiger partial charge in [-0.05, 0) is 138 Å². The number of aromatic nitrogens is 2. The smallest absolute Gasteiger partial charge is 0.0724 e. The van der Waals surface area contributed by atoms with Crippen LogP contribution in [0.2, 0.25) is 0 Å². The molecule has 2 aromatic heterocycles. The molecule has 0 radical (unpaired) electrons. The molecule has 0 bridgehead atoms. The van der Waals surface area contributed by atoms with Crippen molar-refractivity contribution in [1.82, 2.24) is 9.13 Å². The first kappa shape index (κ1) is 44.3. The van der Waals surface area contributed by atoms with Crippen molar-refractivity contribution in [2.45, 2.75) is 0 Å². The van der Waals surface area contributed by atoms with Crippen molar-refractivity contribution < 1.29 is 0 Å². The standard InChI is InChI=1S/C74H48N6/c1-5-25-51(26-6-1)75-61-36-16-15-33-57(61)59-45-71-73(47-69(59)75)79(66-39-19-17-37-64(66)76(71)52-27-7-2-8-28-52)62-41-21-35-56-55(62)34-22-42-63(56)80-67-40-20-18-38-65(67)77(53-29-9-3-10-30-53)72-46-60-58-43-49-23-13-14-24-50(49)44-68(58)78(70(60)48-74(72)80)54-31-11-4-12-32-54/h1-48H. The van der Waals surface area contributed by atoms with Crippen LogP contribution in [0.5, 0.6) is 0 Å². The first-order valence-corrected chi connectivity index (χ1v) is 27.4. The Labute approximate surface area is 462 Å². The van der Waals surface area contributed by atoms with Gasteiger partial charge in [0.15, 0.2) is 0 Å². The van der Waals surface area contributed by atoms with Crippen LogP contribution in [0.4, 0.5) is 68.2 Å². The van der Waals surface area contributed by atoms with Crippen molar-refractivity contribution in [2.24, 2.45) is 0 Å². The van der Waals surface area contributed by atoms with Crippen LogP contribution < -0.4 is 19.6 Å². The summed E-state index contributed by atoms with van der Waals surface area (Å²) in [6, 6.07) is 107. The first-order valence-electron chi connectivity index (χ1n) is 27.4.